The van der Waals surface area contributed by atoms with Crippen LogP contribution in [-0.2, 0) is 4.79 Å². The number of nitro groups is 1. The Morgan fingerprint density at radius 3 is 2.40 bits per heavy atom. The minimum atomic E-state index is -1.10. The predicted molar refractivity (Wildman–Crippen MR) is 88.2 cm³/mol. The second-order valence-electron chi connectivity index (χ2n) is 5.25. The van der Waals surface area contributed by atoms with Crippen LogP contribution in [-0.4, -0.2) is 22.7 Å². The Morgan fingerprint density at radius 2 is 1.84 bits per heavy atom. The number of nitro benzene ring substituents is 1. The lowest BCUT2D eigenvalue weighted by atomic mass is 10.1. The van der Waals surface area contributed by atoms with Crippen molar-refractivity contribution in [2.24, 2.45) is 0 Å². The average molecular weight is 346 g/mol. The van der Waals surface area contributed by atoms with Gasteiger partial charge in [0.1, 0.15) is 5.82 Å². The summed E-state index contributed by atoms with van der Waals surface area (Å²) >= 11 is 0. The van der Waals surface area contributed by atoms with Gasteiger partial charge in [-0.05, 0) is 44.2 Å². The second-order valence-corrected chi connectivity index (χ2v) is 5.25. The zero-order chi connectivity index (χ0) is 18.6. The minimum Gasteiger partial charge on any atom is -0.474 e. The van der Waals surface area contributed by atoms with Crippen molar-refractivity contribution < 1.29 is 23.6 Å². The zero-order valence-corrected chi connectivity index (χ0v) is 13.5. The fourth-order valence-electron chi connectivity index (χ4n) is 2.01. The van der Waals surface area contributed by atoms with Gasteiger partial charge in [0.25, 0.3) is 5.91 Å². The molecule has 2 aromatic carbocycles. The van der Waals surface area contributed by atoms with Crippen LogP contribution >= 0.6 is 0 Å². The SMILES string of the molecule is CC(=O)c1ccc(NC(=O)C(C)Oc2cc(F)ccc2[N+](=O)[O-])cc1. The van der Waals surface area contributed by atoms with Crippen LogP contribution in [0, 0.1) is 15.9 Å². The fraction of sp³-hybridized carbons (Fsp3) is 0.176. The molecule has 8 heteroatoms. The highest BCUT2D eigenvalue weighted by Crippen LogP contribution is 2.28. The van der Waals surface area contributed by atoms with Crippen LogP contribution in [0.5, 0.6) is 5.75 Å². The topological polar surface area (TPSA) is 98.5 Å². The Bertz CT molecular complexity index is 820. The van der Waals surface area contributed by atoms with E-state index in [0.717, 1.165) is 18.2 Å². The fourth-order valence-corrected chi connectivity index (χ4v) is 2.01. The highest BCUT2D eigenvalue weighted by atomic mass is 19.1. The van der Waals surface area contributed by atoms with Gasteiger partial charge >= 0.3 is 5.69 Å². The number of hydrogen-bond donors (Lipinski definition) is 1. The molecule has 0 aromatic heterocycles. The molecule has 1 N–H and O–H groups in total. The van der Waals surface area contributed by atoms with Crippen LogP contribution < -0.4 is 10.1 Å². The van der Waals surface area contributed by atoms with Crippen molar-refractivity contribution in [2.75, 3.05) is 5.32 Å². The van der Waals surface area contributed by atoms with Gasteiger partial charge in [0.15, 0.2) is 11.9 Å². The maximum absolute atomic E-state index is 13.3. The molecule has 7 nitrogen and oxygen atoms in total. The molecule has 0 fully saturated rings. The van der Waals surface area contributed by atoms with E-state index >= 15 is 0 Å². The quantitative estimate of drug-likeness (QED) is 0.491. The first-order valence-electron chi connectivity index (χ1n) is 7.30. The van der Waals surface area contributed by atoms with Crippen LogP contribution in [0.1, 0.15) is 24.2 Å². The van der Waals surface area contributed by atoms with E-state index in [4.69, 9.17) is 4.74 Å². The van der Waals surface area contributed by atoms with Crippen molar-refractivity contribution in [3.63, 3.8) is 0 Å². The van der Waals surface area contributed by atoms with E-state index in [1.807, 2.05) is 0 Å². The highest BCUT2D eigenvalue weighted by molar-refractivity contribution is 5.96. The van der Waals surface area contributed by atoms with Gasteiger partial charge in [-0.1, -0.05) is 0 Å². The van der Waals surface area contributed by atoms with Gasteiger partial charge in [-0.25, -0.2) is 4.39 Å². The monoisotopic (exact) mass is 346 g/mol. The van der Waals surface area contributed by atoms with E-state index in [9.17, 15) is 24.1 Å². The van der Waals surface area contributed by atoms with Gasteiger partial charge in [0, 0.05) is 23.4 Å². The molecular formula is C17H15FN2O5. The molecule has 0 radical (unpaired) electrons. The number of benzene rings is 2. The summed E-state index contributed by atoms with van der Waals surface area (Å²) in [6, 6.07) is 8.96. The van der Waals surface area contributed by atoms with Gasteiger partial charge in [0.2, 0.25) is 5.75 Å². The molecule has 1 atom stereocenters. The van der Waals surface area contributed by atoms with Crippen molar-refractivity contribution >= 4 is 23.1 Å². The molecule has 0 aliphatic rings. The second kappa shape index (κ2) is 7.52. The molecule has 1 amide bonds. The zero-order valence-electron chi connectivity index (χ0n) is 13.5. The molecular weight excluding hydrogens is 331 g/mol. The molecule has 2 aromatic rings. The summed E-state index contributed by atoms with van der Waals surface area (Å²) in [6.45, 7) is 2.81. The number of anilines is 1. The van der Waals surface area contributed by atoms with Gasteiger partial charge < -0.3 is 10.1 Å². The Kier molecular flexibility index (Phi) is 5.43. The summed E-state index contributed by atoms with van der Waals surface area (Å²) in [4.78, 5) is 33.6. The average Bonchev–Trinajstić information content (AvgIpc) is 2.55. The van der Waals surface area contributed by atoms with Crippen molar-refractivity contribution in [1.82, 2.24) is 0 Å². The number of rotatable bonds is 6. The first kappa shape index (κ1) is 18.1. The largest absolute Gasteiger partial charge is 0.474 e. The van der Waals surface area contributed by atoms with Gasteiger partial charge in [-0.3, -0.25) is 19.7 Å². The Morgan fingerprint density at radius 1 is 1.20 bits per heavy atom. The number of nitrogens with zero attached hydrogens (tertiary/aromatic N) is 1. The van der Waals surface area contributed by atoms with E-state index in [1.54, 1.807) is 24.3 Å². The Hall–Kier alpha value is -3.29. The third kappa shape index (κ3) is 4.60. The Balaban J connectivity index is 2.09. The van der Waals surface area contributed by atoms with E-state index in [1.165, 1.54) is 13.8 Å². The summed E-state index contributed by atoms with van der Waals surface area (Å²) in [7, 11) is 0. The summed E-state index contributed by atoms with van der Waals surface area (Å²) in [5.74, 6) is -1.73. The van der Waals surface area contributed by atoms with Crippen LogP contribution in [0.15, 0.2) is 42.5 Å². The molecule has 0 aliphatic carbocycles. The third-order valence-corrected chi connectivity index (χ3v) is 3.35. The van der Waals surface area contributed by atoms with Crippen molar-refractivity contribution in [3.8, 4) is 5.75 Å². The number of carbonyl (C=O) groups is 2. The summed E-state index contributed by atoms with van der Waals surface area (Å²) in [5.41, 5.74) is 0.490. The standard InChI is InChI=1S/C17H15FN2O5/c1-10(21)12-3-6-14(7-4-12)19-17(22)11(2)25-16-9-13(18)5-8-15(16)20(23)24/h3-9,11H,1-2H3,(H,19,22). The molecule has 0 heterocycles. The van der Waals surface area contributed by atoms with Crippen LogP contribution in [0.2, 0.25) is 0 Å². The molecule has 1 unspecified atom stereocenters. The van der Waals surface area contributed by atoms with E-state index in [2.05, 4.69) is 5.32 Å². The first-order chi connectivity index (χ1) is 11.8. The smallest absolute Gasteiger partial charge is 0.311 e. The number of nitrogens with one attached hydrogen (secondary N) is 1. The number of halogens is 1. The van der Waals surface area contributed by atoms with Gasteiger partial charge in [0.05, 0.1) is 4.92 Å². The van der Waals surface area contributed by atoms with Crippen molar-refractivity contribution in [1.29, 1.82) is 0 Å². The molecule has 0 saturated heterocycles. The minimum absolute atomic E-state index is 0.104. The van der Waals surface area contributed by atoms with Gasteiger partial charge in [-0.15, -0.1) is 0 Å². The molecule has 130 valence electrons. The lowest BCUT2D eigenvalue weighted by molar-refractivity contribution is -0.386. The van der Waals surface area contributed by atoms with Gasteiger partial charge in [-0.2, -0.15) is 0 Å². The maximum Gasteiger partial charge on any atom is 0.311 e. The number of ketones is 1. The molecule has 0 saturated carbocycles. The number of amides is 1. The van der Waals surface area contributed by atoms with Crippen LogP contribution in [0.25, 0.3) is 0 Å². The van der Waals surface area contributed by atoms with Crippen LogP contribution in [0.3, 0.4) is 0 Å². The van der Waals surface area contributed by atoms with E-state index in [-0.39, 0.29) is 11.5 Å². The molecule has 0 aliphatic heterocycles. The maximum atomic E-state index is 13.3. The highest BCUT2D eigenvalue weighted by Gasteiger charge is 2.22. The van der Waals surface area contributed by atoms with E-state index in [0.29, 0.717) is 11.3 Å². The molecule has 25 heavy (non-hydrogen) atoms. The van der Waals surface area contributed by atoms with Crippen LogP contribution in [0.4, 0.5) is 15.8 Å². The molecule has 0 bridgehead atoms. The summed E-state index contributed by atoms with van der Waals surface area (Å²) < 4.78 is 18.5. The van der Waals surface area contributed by atoms with Crippen molar-refractivity contribution in [3.05, 3.63) is 64.0 Å². The normalized spacial score (nSPS) is 11.5. The predicted octanol–water partition coefficient (Wildman–Crippen LogP) is 3.34. The third-order valence-electron chi connectivity index (χ3n) is 3.35. The number of ether oxygens (including phenoxy) is 1. The first-order valence-corrected chi connectivity index (χ1v) is 7.30. The summed E-state index contributed by atoms with van der Waals surface area (Å²) in [6.07, 6.45) is -1.10. The molecule has 2 rings (SSSR count). The Labute approximate surface area is 142 Å². The lowest BCUT2D eigenvalue weighted by Crippen LogP contribution is -2.30. The summed E-state index contributed by atoms with van der Waals surface area (Å²) in [5, 5.41) is 13.5. The molecule has 0 spiro atoms. The van der Waals surface area contributed by atoms with E-state index < -0.39 is 28.4 Å². The number of hydrogen-bond acceptors (Lipinski definition) is 5. The van der Waals surface area contributed by atoms with Crippen molar-refractivity contribution in [2.45, 2.75) is 20.0 Å². The lowest BCUT2D eigenvalue weighted by Gasteiger charge is -2.15. The number of carbonyl (C=O) groups excluding carboxylic acids is 2. The number of Topliss-reactive ketones (excluding diaryl/α,β-unsaturated/α-hetero) is 1.